The number of hydrogen-bond acceptors (Lipinski definition) is 2. The zero-order valence-corrected chi connectivity index (χ0v) is 12.7. The van der Waals surface area contributed by atoms with E-state index in [4.69, 9.17) is 0 Å². The van der Waals surface area contributed by atoms with Crippen molar-refractivity contribution < 1.29 is 4.79 Å². The molecule has 0 atom stereocenters. The molecule has 0 aromatic heterocycles. The van der Waals surface area contributed by atoms with Gasteiger partial charge in [0, 0.05) is 11.4 Å². The van der Waals surface area contributed by atoms with E-state index in [0.717, 1.165) is 21.8 Å². The van der Waals surface area contributed by atoms with E-state index in [2.05, 4.69) is 25.2 Å². The molecule has 0 heterocycles. The molecule has 0 unspecified atom stereocenters. The van der Waals surface area contributed by atoms with E-state index in [9.17, 15) is 4.79 Å². The quantitative estimate of drug-likeness (QED) is 0.840. The van der Waals surface area contributed by atoms with Gasteiger partial charge in [-0.25, -0.2) is 0 Å². The SMILES string of the molecule is CCSc1ccccc1C(=O)NCc1ccccc1C. The first-order valence-corrected chi connectivity index (χ1v) is 7.75. The molecule has 2 aromatic rings. The van der Waals surface area contributed by atoms with Gasteiger partial charge in [-0.15, -0.1) is 11.8 Å². The molecule has 2 nitrogen and oxygen atoms in total. The Morgan fingerprint density at radius 2 is 1.80 bits per heavy atom. The normalized spacial score (nSPS) is 10.3. The zero-order valence-electron chi connectivity index (χ0n) is 11.8. The minimum Gasteiger partial charge on any atom is -0.348 e. The predicted octanol–water partition coefficient (Wildman–Crippen LogP) is 4.04. The smallest absolute Gasteiger partial charge is 0.252 e. The molecule has 0 aliphatic rings. The first-order valence-electron chi connectivity index (χ1n) is 6.77. The van der Waals surface area contributed by atoms with Crippen molar-refractivity contribution in [2.45, 2.75) is 25.3 Å². The molecule has 0 saturated heterocycles. The van der Waals surface area contributed by atoms with E-state index >= 15 is 0 Å². The van der Waals surface area contributed by atoms with Crippen LogP contribution in [0, 0.1) is 6.92 Å². The third kappa shape index (κ3) is 3.64. The summed E-state index contributed by atoms with van der Waals surface area (Å²) in [6.45, 7) is 4.71. The summed E-state index contributed by atoms with van der Waals surface area (Å²) in [6.07, 6.45) is 0. The van der Waals surface area contributed by atoms with Gasteiger partial charge in [-0.2, -0.15) is 0 Å². The summed E-state index contributed by atoms with van der Waals surface area (Å²) in [4.78, 5) is 13.3. The van der Waals surface area contributed by atoms with Crippen LogP contribution in [0.3, 0.4) is 0 Å². The van der Waals surface area contributed by atoms with Crippen LogP contribution >= 0.6 is 11.8 Å². The van der Waals surface area contributed by atoms with Crippen molar-refractivity contribution in [1.29, 1.82) is 0 Å². The number of carbonyl (C=O) groups is 1. The Bertz CT molecular complexity index is 595. The van der Waals surface area contributed by atoms with Gasteiger partial charge in [0.2, 0.25) is 0 Å². The Kier molecular flexibility index (Phi) is 5.24. The van der Waals surface area contributed by atoms with E-state index < -0.39 is 0 Å². The fraction of sp³-hybridized carbons (Fsp3) is 0.235. The minimum atomic E-state index is -0.00944. The fourth-order valence-electron chi connectivity index (χ4n) is 2.01. The van der Waals surface area contributed by atoms with E-state index in [1.54, 1.807) is 11.8 Å². The summed E-state index contributed by atoms with van der Waals surface area (Å²) in [7, 11) is 0. The largest absolute Gasteiger partial charge is 0.348 e. The van der Waals surface area contributed by atoms with Crippen LogP contribution in [0.15, 0.2) is 53.4 Å². The second-order valence-electron chi connectivity index (χ2n) is 4.54. The maximum absolute atomic E-state index is 12.3. The fourth-order valence-corrected chi connectivity index (χ4v) is 2.82. The maximum atomic E-state index is 12.3. The van der Waals surface area contributed by atoms with Crippen LogP contribution in [-0.2, 0) is 6.54 Å². The van der Waals surface area contributed by atoms with Gasteiger partial charge in [0.25, 0.3) is 5.91 Å². The number of hydrogen-bond donors (Lipinski definition) is 1. The lowest BCUT2D eigenvalue weighted by Gasteiger charge is -2.10. The van der Waals surface area contributed by atoms with Crippen LogP contribution in [0.2, 0.25) is 0 Å². The molecule has 0 saturated carbocycles. The number of nitrogens with one attached hydrogen (secondary N) is 1. The number of carbonyl (C=O) groups excluding carboxylic acids is 1. The van der Waals surface area contributed by atoms with Gasteiger partial charge in [0.1, 0.15) is 0 Å². The Labute approximate surface area is 124 Å². The molecule has 2 rings (SSSR count). The molecule has 1 amide bonds. The third-order valence-corrected chi connectivity index (χ3v) is 4.09. The standard InChI is InChI=1S/C17H19NOS/c1-3-20-16-11-7-6-10-15(16)17(19)18-12-14-9-5-4-8-13(14)2/h4-11H,3,12H2,1-2H3,(H,18,19). The Hall–Kier alpha value is -1.74. The highest BCUT2D eigenvalue weighted by Gasteiger charge is 2.10. The molecule has 0 aliphatic carbocycles. The average molecular weight is 285 g/mol. The van der Waals surface area contributed by atoms with Crippen molar-refractivity contribution >= 4 is 17.7 Å². The summed E-state index contributed by atoms with van der Waals surface area (Å²) in [5.74, 6) is 0.951. The first kappa shape index (κ1) is 14.7. The molecule has 0 radical (unpaired) electrons. The Morgan fingerprint density at radius 3 is 2.55 bits per heavy atom. The van der Waals surface area contributed by atoms with Crippen molar-refractivity contribution in [1.82, 2.24) is 5.32 Å². The molecular formula is C17H19NOS. The van der Waals surface area contributed by atoms with Crippen molar-refractivity contribution in [2.24, 2.45) is 0 Å². The molecule has 0 spiro atoms. The predicted molar refractivity (Wildman–Crippen MR) is 85.2 cm³/mol. The molecule has 1 N–H and O–H groups in total. The summed E-state index contributed by atoms with van der Waals surface area (Å²) in [5.41, 5.74) is 3.11. The number of aryl methyl sites for hydroxylation is 1. The van der Waals surface area contributed by atoms with Crippen molar-refractivity contribution in [3.8, 4) is 0 Å². The summed E-state index contributed by atoms with van der Waals surface area (Å²) < 4.78 is 0. The lowest BCUT2D eigenvalue weighted by atomic mass is 10.1. The van der Waals surface area contributed by atoms with E-state index in [0.29, 0.717) is 6.54 Å². The summed E-state index contributed by atoms with van der Waals surface area (Å²) in [5, 5.41) is 3.00. The monoisotopic (exact) mass is 285 g/mol. The molecule has 0 aliphatic heterocycles. The highest BCUT2D eigenvalue weighted by Crippen LogP contribution is 2.22. The number of thioether (sulfide) groups is 1. The second-order valence-corrected chi connectivity index (χ2v) is 5.84. The maximum Gasteiger partial charge on any atom is 0.252 e. The topological polar surface area (TPSA) is 29.1 Å². The molecular weight excluding hydrogens is 266 g/mol. The molecule has 2 aromatic carbocycles. The molecule has 0 bridgehead atoms. The van der Waals surface area contributed by atoms with Crippen LogP contribution in [0.4, 0.5) is 0 Å². The lowest BCUT2D eigenvalue weighted by Crippen LogP contribution is -2.23. The van der Waals surface area contributed by atoms with Gasteiger partial charge in [-0.1, -0.05) is 43.3 Å². The van der Waals surface area contributed by atoms with Crippen LogP contribution in [0.1, 0.15) is 28.4 Å². The summed E-state index contributed by atoms with van der Waals surface area (Å²) in [6, 6.07) is 15.9. The van der Waals surface area contributed by atoms with Gasteiger partial charge in [-0.3, -0.25) is 4.79 Å². The minimum absolute atomic E-state index is 0.00944. The van der Waals surface area contributed by atoms with E-state index in [-0.39, 0.29) is 5.91 Å². The van der Waals surface area contributed by atoms with Crippen molar-refractivity contribution in [3.05, 3.63) is 65.2 Å². The van der Waals surface area contributed by atoms with Gasteiger partial charge in [0.05, 0.1) is 5.56 Å². The third-order valence-electron chi connectivity index (χ3n) is 3.13. The second kappa shape index (κ2) is 7.15. The van der Waals surface area contributed by atoms with Gasteiger partial charge in [0.15, 0.2) is 0 Å². The highest BCUT2D eigenvalue weighted by atomic mass is 32.2. The number of benzene rings is 2. The number of amides is 1. The number of rotatable bonds is 5. The average Bonchev–Trinajstić information content (AvgIpc) is 2.47. The van der Waals surface area contributed by atoms with E-state index in [1.165, 1.54) is 5.56 Å². The summed E-state index contributed by atoms with van der Waals surface area (Å²) >= 11 is 1.69. The van der Waals surface area contributed by atoms with Gasteiger partial charge in [-0.05, 0) is 35.9 Å². The van der Waals surface area contributed by atoms with Gasteiger partial charge < -0.3 is 5.32 Å². The molecule has 0 fully saturated rings. The first-order chi connectivity index (χ1) is 9.72. The van der Waals surface area contributed by atoms with Crippen molar-refractivity contribution in [2.75, 3.05) is 5.75 Å². The zero-order chi connectivity index (χ0) is 14.4. The molecule has 20 heavy (non-hydrogen) atoms. The molecule has 104 valence electrons. The van der Waals surface area contributed by atoms with Crippen LogP contribution in [0.25, 0.3) is 0 Å². The van der Waals surface area contributed by atoms with Crippen molar-refractivity contribution in [3.63, 3.8) is 0 Å². The van der Waals surface area contributed by atoms with Gasteiger partial charge >= 0.3 is 0 Å². The Morgan fingerprint density at radius 1 is 1.10 bits per heavy atom. The highest BCUT2D eigenvalue weighted by molar-refractivity contribution is 7.99. The lowest BCUT2D eigenvalue weighted by molar-refractivity contribution is 0.0948. The van der Waals surface area contributed by atoms with Crippen LogP contribution < -0.4 is 5.32 Å². The Balaban J connectivity index is 2.07. The molecule has 3 heteroatoms. The van der Waals surface area contributed by atoms with E-state index in [1.807, 2.05) is 42.5 Å². The van der Waals surface area contributed by atoms with Crippen LogP contribution in [-0.4, -0.2) is 11.7 Å². The van der Waals surface area contributed by atoms with Crippen LogP contribution in [0.5, 0.6) is 0 Å².